The van der Waals surface area contributed by atoms with E-state index in [-0.39, 0.29) is 11.7 Å². The normalized spacial score (nSPS) is 11.0. The number of fused-ring (bicyclic) bond motifs is 1. The lowest BCUT2D eigenvalue weighted by Gasteiger charge is -2.18. The molecule has 0 unspecified atom stereocenters. The van der Waals surface area contributed by atoms with Crippen molar-refractivity contribution >= 4 is 16.8 Å². The summed E-state index contributed by atoms with van der Waals surface area (Å²) in [6.07, 6.45) is 1.01. The lowest BCUT2D eigenvalue weighted by molar-refractivity contribution is -0.130. The van der Waals surface area contributed by atoms with E-state index in [1.54, 1.807) is 12.1 Å². The Bertz CT molecular complexity index is 866. The molecule has 3 rings (SSSR count). The van der Waals surface area contributed by atoms with Gasteiger partial charge in [0, 0.05) is 36.1 Å². The minimum atomic E-state index is -0.262. The zero-order chi connectivity index (χ0) is 17.8. The molecule has 0 bridgehead atoms. The highest BCUT2D eigenvalue weighted by molar-refractivity contribution is 5.91. The number of aromatic amines is 1. The Kier molecular flexibility index (Phi) is 5.17. The van der Waals surface area contributed by atoms with E-state index in [1.807, 2.05) is 49.1 Å². The lowest BCUT2D eigenvalue weighted by atomic mass is 10.0. The number of halogens is 1. The van der Waals surface area contributed by atoms with Crippen LogP contribution in [-0.2, 0) is 11.2 Å². The maximum atomic E-state index is 13.8. The first kappa shape index (κ1) is 17.2. The number of carbonyl (C=O) groups excluding carboxylic acids is 1. The van der Waals surface area contributed by atoms with E-state index in [0.29, 0.717) is 25.9 Å². The molecule has 0 aliphatic heterocycles. The number of nitrogens with zero attached hydrogens (tertiary/aromatic N) is 1. The minimum Gasteiger partial charge on any atom is -0.354 e. The number of aromatic nitrogens is 1. The van der Waals surface area contributed by atoms with Gasteiger partial charge in [-0.25, -0.2) is 4.39 Å². The van der Waals surface area contributed by atoms with Crippen molar-refractivity contribution in [3.63, 3.8) is 0 Å². The summed E-state index contributed by atoms with van der Waals surface area (Å²) in [5.74, 6) is -0.128. The van der Waals surface area contributed by atoms with E-state index in [4.69, 9.17) is 0 Å². The topological polar surface area (TPSA) is 36.1 Å². The zero-order valence-corrected chi connectivity index (χ0v) is 14.7. The van der Waals surface area contributed by atoms with Crippen LogP contribution in [0.1, 0.15) is 25.8 Å². The zero-order valence-electron chi connectivity index (χ0n) is 14.7. The van der Waals surface area contributed by atoms with E-state index in [1.165, 1.54) is 6.07 Å². The fourth-order valence-electron chi connectivity index (χ4n) is 3.30. The molecule has 1 aromatic heterocycles. The molecule has 3 nitrogen and oxygen atoms in total. The van der Waals surface area contributed by atoms with Crippen molar-refractivity contribution in [1.29, 1.82) is 0 Å². The van der Waals surface area contributed by atoms with E-state index in [9.17, 15) is 9.18 Å². The Morgan fingerprint density at radius 3 is 2.48 bits per heavy atom. The van der Waals surface area contributed by atoms with Crippen molar-refractivity contribution < 1.29 is 9.18 Å². The number of rotatable bonds is 6. The van der Waals surface area contributed by atoms with Crippen LogP contribution in [0.15, 0.2) is 48.5 Å². The third-order valence-electron chi connectivity index (χ3n) is 4.64. The molecule has 130 valence electrons. The molecule has 0 saturated heterocycles. The number of benzene rings is 2. The first-order valence-electron chi connectivity index (χ1n) is 8.77. The quantitative estimate of drug-likeness (QED) is 0.690. The second-order valence-electron chi connectivity index (χ2n) is 6.10. The number of hydrogen-bond acceptors (Lipinski definition) is 1. The molecule has 3 aromatic rings. The fourth-order valence-corrected chi connectivity index (χ4v) is 3.30. The maximum absolute atomic E-state index is 13.8. The van der Waals surface area contributed by atoms with Crippen LogP contribution < -0.4 is 0 Å². The highest BCUT2D eigenvalue weighted by atomic mass is 19.1. The van der Waals surface area contributed by atoms with E-state index < -0.39 is 0 Å². The standard InChI is InChI=1S/C21H23FN2O/c1-3-24(4-2)20(25)13-11-17-18-14-16(22)10-12-19(18)23-21(17)15-8-6-5-7-9-15/h5-10,12,14,23H,3-4,11,13H2,1-2H3. The molecule has 0 fully saturated rings. The summed E-state index contributed by atoms with van der Waals surface area (Å²) >= 11 is 0. The van der Waals surface area contributed by atoms with Gasteiger partial charge in [-0.1, -0.05) is 30.3 Å². The van der Waals surface area contributed by atoms with E-state index >= 15 is 0 Å². The van der Waals surface area contributed by atoms with Crippen LogP contribution in [0.5, 0.6) is 0 Å². The third-order valence-corrected chi connectivity index (χ3v) is 4.64. The van der Waals surface area contributed by atoms with Crippen LogP contribution in [0.2, 0.25) is 0 Å². The van der Waals surface area contributed by atoms with E-state index in [0.717, 1.165) is 27.7 Å². The maximum Gasteiger partial charge on any atom is 0.222 e. The largest absolute Gasteiger partial charge is 0.354 e. The van der Waals surface area contributed by atoms with Crippen molar-refractivity contribution in [2.24, 2.45) is 0 Å². The summed E-state index contributed by atoms with van der Waals surface area (Å²) in [5, 5.41) is 0.853. The molecule has 0 radical (unpaired) electrons. The molecule has 1 N–H and O–H groups in total. The van der Waals surface area contributed by atoms with Crippen LogP contribution in [-0.4, -0.2) is 28.9 Å². The highest BCUT2D eigenvalue weighted by Gasteiger charge is 2.16. The van der Waals surface area contributed by atoms with Crippen molar-refractivity contribution in [1.82, 2.24) is 9.88 Å². The summed E-state index contributed by atoms with van der Waals surface area (Å²) in [4.78, 5) is 17.6. The first-order valence-corrected chi connectivity index (χ1v) is 8.77. The van der Waals surface area contributed by atoms with Crippen molar-refractivity contribution in [3.05, 3.63) is 59.9 Å². The number of amides is 1. The molecule has 1 heterocycles. The van der Waals surface area contributed by atoms with Crippen LogP contribution in [0.4, 0.5) is 4.39 Å². The van der Waals surface area contributed by atoms with Crippen molar-refractivity contribution in [2.75, 3.05) is 13.1 Å². The molecular formula is C21H23FN2O. The second-order valence-corrected chi connectivity index (χ2v) is 6.10. The van der Waals surface area contributed by atoms with Crippen LogP contribution >= 0.6 is 0 Å². The van der Waals surface area contributed by atoms with Gasteiger partial charge in [-0.15, -0.1) is 0 Å². The molecule has 4 heteroatoms. The molecule has 0 atom stereocenters. The molecule has 2 aromatic carbocycles. The number of carbonyl (C=O) groups is 1. The Morgan fingerprint density at radius 2 is 1.80 bits per heavy atom. The van der Waals surface area contributed by atoms with Crippen LogP contribution in [0.3, 0.4) is 0 Å². The number of H-pyrrole nitrogens is 1. The van der Waals surface area contributed by atoms with Crippen LogP contribution in [0.25, 0.3) is 22.2 Å². The number of aryl methyl sites for hydroxylation is 1. The van der Waals surface area contributed by atoms with Gasteiger partial charge in [0.2, 0.25) is 5.91 Å². The van der Waals surface area contributed by atoms with Gasteiger partial charge in [0.15, 0.2) is 0 Å². The molecule has 0 saturated carbocycles. The Balaban J connectivity index is 1.99. The predicted octanol–water partition coefficient (Wildman–Crippen LogP) is 4.78. The van der Waals surface area contributed by atoms with E-state index in [2.05, 4.69) is 4.98 Å². The molecule has 0 aliphatic rings. The molecule has 1 amide bonds. The van der Waals surface area contributed by atoms with Crippen molar-refractivity contribution in [2.45, 2.75) is 26.7 Å². The lowest BCUT2D eigenvalue weighted by Crippen LogP contribution is -2.30. The summed E-state index contributed by atoms with van der Waals surface area (Å²) in [6.45, 7) is 5.39. The van der Waals surface area contributed by atoms with Gasteiger partial charge in [-0.2, -0.15) is 0 Å². The minimum absolute atomic E-state index is 0.134. The van der Waals surface area contributed by atoms with Gasteiger partial charge >= 0.3 is 0 Å². The average molecular weight is 338 g/mol. The number of nitrogens with one attached hydrogen (secondary N) is 1. The molecular weight excluding hydrogens is 315 g/mol. The Hall–Kier alpha value is -2.62. The molecule has 0 spiro atoms. The van der Waals surface area contributed by atoms with Gasteiger partial charge in [0.05, 0.1) is 0 Å². The van der Waals surface area contributed by atoms with Gasteiger partial charge in [0.25, 0.3) is 0 Å². The predicted molar refractivity (Wildman–Crippen MR) is 99.9 cm³/mol. The van der Waals surface area contributed by atoms with Crippen LogP contribution in [0, 0.1) is 5.82 Å². The smallest absolute Gasteiger partial charge is 0.222 e. The Labute approximate surface area is 147 Å². The van der Waals surface area contributed by atoms with Gasteiger partial charge in [0.1, 0.15) is 5.82 Å². The third kappa shape index (κ3) is 3.58. The summed E-state index contributed by atoms with van der Waals surface area (Å²) in [5.41, 5.74) is 3.91. The van der Waals surface area contributed by atoms with Gasteiger partial charge in [-0.3, -0.25) is 4.79 Å². The van der Waals surface area contributed by atoms with Gasteiger partial charge < -0.3 is 9.88 Å². The average Bonchev–Trinajstić information content (AvgIpc) is 2.99. The fraction of sp³-hybridized carbons (Fsp3) is 0.286. The monoisotopic (exact) mass is 338 g/mol. The highest BCUT2D eigenvalue weighted by Crippen LogP contribution is 2.31. The summed E-state index contributed by atoms with van der Waals surface area (Å²) < 4.78 is 13.8. The van der Waals surface area contributed by atoms with Crippen molar-refractivity contribution in [3.8, 4) is 11.3 Å². The second kappa shape index (κ2) is 7.51. The molecule has 0 aliphatic carbocycles. The summed E-state index contributed by atoms with van der Waals surface area (Å²) in [6, 6.07) is 14.7. The SMILES string of the molecule is CCN(CC)C(=O)CCc1c(-c2ccccc2)[nH]c2ccc(F)cc12. The Morgan fingerprint density at radius 1 is 1.08 bits per heavy atom. The number of hydrogen-bond donors (Lipinski definition) is 1. The first-order chi connectivity index (χ1) is 12.1. The molecule has 25 heavy (non-hydrogen) atoms. The summed E-state index contributed by atoms with van der Waals surface area (Å²) in [7, 11) is 0. The van der Waals surface area contributed by atoms with Gasteiger partial charge in [-0.05, 0) is 49.6 Å².